The van der Waals surface area contributed by atoms with Gasteiger partial charge in [0.1, 0.15) is 12.2 Å². The van der Waals surface area contributed by atoms with Crippen LogP contribution in [0.4, 0.5) is 4.79 Å². The van der Waals surface area contributed by atoms with Gasteiger partial charge in [0, 0.05) is 13.1 Å². The predicted molar refractivity (Wildman–Crippen MR) is 82.1 cm³/mol. The summed E-state index contributed by atoms with van der Waals surface area (Å²) in [7, 11) is 0. The van der Waals surface area contributed by atoms with Crippen LogP contribution in [-0.2, 0) is 14.3 Å². The zero-order valence-electron chi connectivity index (χ0n) is 12.5. The maximum Gasteiger partial charge on any atom is 0.329 e. The molecule has 120 valence electrons. The van der Waals surface area contributed by atoms with E-state index in [1.165, 1.54) is 0 Å². The van der Waals surface area contributed by atoms with Gasteiger partial charge in [-0.05, 0) is 11.6 Å². The van der Waals surface area contributed by atoms with Crippen molar-refractivity contribution in [2.24, 2.45) is 0 Å². The largest absolute Gasteiger partial charge is 0.378 e. The van der Waals surface area contributed by atoms with Gasteiger partial charge >= 0.3 is 6.03 Å². The van der Waals surface area contributed by atoms with Gasteiger partial charge in [-0.15, -0.1) is 0 Å². The highest BCUT2D eigenvalue weighted by molar-refractivity contribution is 6.15. The van der Waals surface area contributed by atoms with Crippen molar-refractivity contribution >= 4 is 23.9 Å². The molecule has 1 aromatic rings. The zero-order chi connectivity index (χ0) is 16.2. The first kappa shape index (κ1) is 15.2. The van der Waals surface area contributed by atoms with Crippen LogP contribution in [0.15, 0.2) is 36.0 Å². The molecule has 2 fully saturated rings. The van der Waals surface area contributed by atoms with Gasteiger partial charge in [-0.25, -0.2) is 9.69 Å². The summed E-state index contributed by atoms with van der Waals surface area (Å²) in [6.45, 7) is 1.66. The molecule has 0 radical (unpaired) electrons. The van der Waals surface area contributed by atoms with Gasteiger partial charge in [0.15, 0.2) is 0 Å². The minimum atomic E-state index is -0.571. The number of carbonyl (C=O) groups is 3. The number of hydrogen-bond acceptors (Lipinski definition) is 4. The topological polar surface area (TPSA) is 79.0 Å². The molecule has 2 aliphatic heterocycles. The molecule has 0 atom stereocenters. The quantitative estimate of drug-likeness (QED) is 0.648. The van der Waals surface area contributed by atoms with Gasteiger partial charge in [0.25, 0.3) is 5.91 Å². The van der Waals surface area contributed by atoms with Crippen molar-refractivity contribution in [1.29, 1.82) is 0 Å². The van der Waals surface area contributed by atoms with Crippen LogP contribution >= 0.6 is 0 Å². The van der Waals surface area contributed by atoms with Crippen molar-refractivity contribution in [3.05, 3.63) is 41.6 Å². The average Bonchev–Trinajstić information content (AvgIpc) is 2.84. The summed E-state index contributed by atoms with van der Waals surface area (Å²) in [6.07, 6.45) is 1.60. The molecule has 7 heteroatoms. The summed E-state index contributed by atoms with van der Waals surface area (Å²) >= 11 is 0. The molecule has 2 aliphatic rings. The van der Waals surface area contributed by atoms with Crippen molar-refractivity contribution < 1.29 is 19.1 Å². The van der Waals surface area contributed by atoms with E-state index in [-0.39, 0.29) is 18.1 Å². The molecule has 0 spiro atoms. The van der Waals surface area contributed by atoms with E-state index in [0.29, 0.717) is 26.3 Å². The number of hydrogen-bond donors (Lipinski definition) is 1. The lowest BCUT2D eigenvalue weighted by Crippen LogP contribution is -2.47. The van der Waals surface area contributed by atoms with E-state index in [0.717, 1.165) is 10.5 Å². The van der Waals surface area contributed by atoms with Crippen LogP contribution in [-0.4, -0.2) is 60.5 Å². The first-order valence-electron chi connectivity index (χ1n) is 7.40. The lowest BCUT2D eigenvalue weighted by Gasteiger charge is -2.27. The second-order valence-corrected chi connectivity index (χ2v) is 5.28. The van der Waals surface area contributed by atoms with E-state index < -0.39 is 11.9 Å². The van der Waals surface area contributed by atoms with Crippen molar-refractivity contribution in [2.75, 3.05) is 32.8 Å². The minimum Gasteiger partial charge on any atom is -0.378 e. The third kappa shape index (κ3) is 3.40. The van der Waals surface area contributed by atoms with Crippen molar-refractivity contribution in [2.45, 2.75) is 0 Å². The number of rotatable bonds is 3. The van der Waals surface area contributed by atoms with Gasteiger partial charge in [-0.1, -0.05) is 30.3 Å². The normalized spacial score (nSPS) is 20.1. The molecule has 0 aromatic heterocycles. The smallest absolute Gasteiger partial charge is 0.329 e. The van der Waals surface area contributed by atoms with Crippen LogP contribution in [0.5, 0.6) is 0 Å². The highest BCUT2D eigenvalue weighted by Crippen LogP contribution is 2.14. The molecule has 23 heavy (non-hydrogen) atoms. The van der Waals surface area contributed by atoms with Gasteiger partial charge in [-0.3, -0.25) is 9.59 Å². The Kier molecular flexibility index (Phi) is 4.38. The Labute approximate surface area is 133 Å². The number of ether oxygens (including phenoxy) is 1. The number of carbonyl (C=O) groups excluding carboxylic acids is 3. The minimum absolute atomic E-state index is 0.177. The van der Waals surface area contributed by atoms with Crippen LogP contribution in [0.25, 0.3) is 6.08 Å². The van der Waals surface area contributed by atoms with Crippen molar-refractivity contribution in [3.63, 3.8) is 0 Å². The monoisotopic (exact) mass is 315 g/mol. The molecule has 4 amide bonds. The maximum atomic E-state index is 12.3. The molecule has 0 bridgehead atoms. The van der Waals surface area contributed by atoms with E-state index in [2.05, 4.69) is 5.32 Å². The average molecular weight is 315 g/mol. The first-order valence-corrected chi connectivity index (χ1v) is 7.40. The molecular formula is C16H17N3O4. The zero-order valence-corrected chi connectivity index (χ0v) is 12.5. The number of imide groups is 1. The van der Waals surface area contributed by atoms with Crippen LogP contribution < -0.4 is 5.32 Å². The number of amides is 4. The highest BCUT2D eigenvalue weighted by atomic mass is 16.5. The lowest BCUT2D eigenvalue weighted by atomic mass is 10.2. The second-order valence-electron chi connectivity index (χ2n) is 5.28. The predicted octanol–water partition coefficient (Wildman–Crippen LogP) is 0.438. The van der Waals surface area contributed by atoms with Crippen molar-refractivity contribution in [1.82, 2.24) is 15.1 Å². The van der Waals surface area contributed by atoms with Gasteiger partial charge in [0.05, 0.1) is 13.2 Å². The molecule has 0 aliphatic carbocycles. The maximum absolute atomic E-state index is 12.3. The van der Waals surface area contributed by atoms with Gasteiger partial charge in [-0.2, -0.15) is 0 Å². The summed E-state index contributed by atoms with van der Waals surface area (Å²) in [6, 6.07) is 8.63. The Morgan fingerprint density at radius 3 is 2.57 bits per heavy atom. The Bertz CT molecular complexity index is 651. The fourth-order valence-electron chi connectivity index (χ4n) is 2.48. The van der Waals surface area contributed by atoms with E-state index >= 15 is 0 Å². The molecule has 3 rings (SSSR count). The SMILES string of the molecule is O=C(CN1C(=O)N/C(=C\c2ccccc2)C1=O)N1CCOCC1. The summed E-state index contributed by atoms with van der Waals surface area (Å²) in [5, 5.41) is 2.51. The first-order chi connectivity index (χ1) is 11.1. The Hall–Kier alpha value is -2.67. The summed E-state index contributed by atoms with van der Waals surface area (Å²) < 4.78 is 5.18. The number of urea groups is 1. The third-order valence-electron chi connectivity index (χ3n) is 3.73. The molecular weight excluding hydrogens is 298 g/mol. The number of nitrogens with one attached hydrogen (secondary N) is 1. The fraction of sp³-hybridized carbons (Fsp3) is 0.312. The Balaban J connectivity index is 1.69. The van der Waals surface area contributed by atoms with Crippen LogP contribution in [0, 0.1) is 0 Å². The molecule has 0 unspecified atom stereocenters. The number of benzene rings is 1. The summed E-state index contributed by atoms with van der Waals surface area (Å²) in [4.78, 5) is 39.0. The standard InChI is InChI=1S/C16H17N3O4/c20-14(18-6-8-23-9-7-18)11-19-15(21)13(17-16(19)22)10-12-4-2-1-3-5-12/h1-5,10H,6-9,11H2,(H,17,22)/b13-10-. The van der Waals surface area contributed by atoms with Gasteiger partial charge < -0.3 is 15.0 Å². The van der Waals surface area contributed by atoms with Crippen LogP contribution in [0.2, 0.25) is 0 Å². The van der Waals surface area contributed by atoms with E-state index in [1.807, 2.05) is 30.3 Å². The van der Waals surface area contributed by atoms with Crippen LogP contribution in [0.1, 0.15) is 5.56 Å². The summed E-state index contributed by atoms with van der Waals surface area (Å²) in [5.41, 5.74) is 0.980. The molecule has 2 heterocycles. The van der Waals surface area contributed by atoms with E-state index in [4.69, 9.17) is 4.74 Å². The highest BCUT2D eigenvalue weighted by Gasteiger charge is 2.35. The van der Waals surface area contributed by atoms with E-state index in [1.54, 1.807) is 11.0 Å². The molecule has 1 aromatic carbocycles. The molecule has 2 saturated heterocycles. The fourth-order valence-corrected chi connectivity index (χ4v) is 2.48. The Morgan fingerprint density at radius 1 is 1.17 bits per heavy atom. The second kappa shape index (κ2) is 6.62. The molecule has 1 N–H and O–H groups in total. The van der Waals surface area contributed by atoms with Gasteiger partial charge in [0.2, 0.25) is 5.91 Å². The number of nitrogens with zero attached hydrogens (tertiary/aromatic N) is 2. The lowest BCUT2D eigenvalue weighted by molar-refractivity contribution is -0.139. The van der Waals surface area contributed by atoms with Crippen LogP contribution in [0.3, 0.4) is 0 Å². The van der Waals surface area contributed by atoms with E-state index in [9.17, 15) is 14.4 Å². The summed E-state index contributed by atoms with van der Waals surface area (Å²) in [5.74, 6) is -0.738. The number of morpholine rings is 1. The Morgan fingerprint density at radius 2 is 1.87 bits per heavy atom. The third-order valence-corrected chi connectivity index (χ3v) is 3.73. The molecule has 0 saturated carbocycles. The molecule has 7 nitrogen and oxygen atoms in total. The van der Waals surface area contributed by atoms with Crippen molar-refractivity contribution in [3.8, 4) is 0 Å².